The summed E-state index contributed by atoms with van der Waals surface area (Å²) in [5.74, 6) is 0.0736. The summed E-state index contributed by atoms with van der Waals surface area (Å²) in [6, 6.07) is 5.29. The van der Waals surface area contributed by atoms with E-state index in [1.54, 1.807) is 19.1 Å². The van der Waals surface area contributed by atoms with Gasteiger partial charge in [0.25, 0.3) is 5.56 Å². The molecule has 1 aromatic heterocycles. The maximum atomic E-state index is 12.7. The summed E-state index contributed by atoms with van der Waals surface area (Å²) in [6.45, 7) is 4.35. The number of carbonyl (C=O) groups is 1. The fourth-order valence-corrected chi connectivity index (χ4v) is 3.35. The predicted molar refractivity (Wildman–Crippen MR) is 99.4 cm³/mol. The monoisotopic (exact) mass is 413 g/mol. The standard InChI is InChI=1S/C16H20BrN3O3S/c1-3-6-18-14(22)9-24-16-19-13-5-4-11(17)7-12(13)15(23)20(16)8-10(2)21/h4-5,7,10,21H,3,6,8-9H2,1-2H3,(H,18,22)/t10-/m1/s1. The van der Waals surface area contributed by atoms with Gasteiger partial charge in [-0.3, -0.25) is 14.2 Å². The minimum atomic E-state index is -0.692. The first kappa shape index (κ1) is 19.0. The number of amides is 1. The zero-order chi connectivity index (χ0) is 17.7. The summed E-state index contributed by atoms with van der Waals surface area (Å²) in [5.41, 5.74) is 0.347. The molecule has 1 aromatic carbocycles. The van der Waals surface area contributed by atoms with Crippen molar-refractivity contribution in [3.63, 3.8) is 0 Å². The molecule has 0 bridgehead atoms. The van der Waals surface area contributed by atoms with Crippen LogP contribution in [-0.4, -0.2) is 39.0 Å². The Balaban J connectivity index is 2.37. The van der Waals surface area contributed by atoms with Crippen LogP contribution in [0.3, 0.4) is 0 Å². The van der Waals surface area contributed by atoms with Crippen molar-refractivity contribution < 1.29 is 9.90 Å². The Hall–Kier alpha value is -1.38. The molecule has 0 radical (unpaired) electrons. The molecule has 0 saturated heterocycles. The van der Waals surface area contributed by atoms with Crippen molar-refractivity contribution in [3.05, 3.63) is 33.0 Å². The minimum Gasteiger partial charge on any atom is -0.392 e. The number of aliphatic hydroxyl groups excluding tert-OH is 1. The molecule has 2 rings (SSSR count). The van der Waals surface area contributed by atoms with E-state index >= 15 is 0 Å². The molecule has 0 aliphatic heterocycles. The molecular weight excluding hydrogens is 394 g/mol. The Kier molecular flexibility index (Phi) is 6.82. The van der Waals surface area contributed by atoms with Gasteiger partial charge in [-0.05, 0) is 31.5 Å². The van der Waals surface area contributed by atoms with E-state index < -0.39 is 6.10 Å². The second-order valence-electron chi connectivity index (χ2n) is 5.46. The highest BCUT2D eigenvalue weighted by atomic mass is 79.9. The maximum Gasteiger partial charge on any atom is 0.262 e. The third-order valence-electron chi connectivity index (χ3n) is 3.23. The summed E-state index contributed by atoms with van der Waals surface area (Å²) in [4.78, 5) is 29.0. The number of rotatable bonds is 7. The van der Waals surface area contributed by atoms with E-state index in [1.165, 1.54) is 16.3 Å². The van der Waals surface area contributed by atoms with Crippen LogP contribution in [0.2, 0.25) is 0 Å². The average molecular weight is 414 g/mol. The fraction of sp³-hybridized carbons (Fsp3) is 0.438. The molecule has 24 heavy (non-hydrogen) atoms. The van der Waals surface area contributed by atoms with Gasteiger partial charge in [0.15, 0.2) is 5.16 Å². The van der Waals surface area contributed by atoms with Crippen LogP contribution >= 0.6 is 27.7 Å². The Bertz CT molecular complexity index is 792. The third kappa shape index (κ3) is 4.81. The SMILES string of the molecule is CCCNC(=O)CSc1nc2ccc(Br)cc2c(=O)n1C[C@@H](C)O. The zero-order valence-electron chi connectivity index (χ0n) is 13.6. The van der Waals surface area contributed by atoms with Crippen LogP contribution in [-0.2, 0) is 11.3 Å². The van der Waals surface area contributed by atoms with E-state index in [-0.39, 0.29) is 23.8 Å². The third-order valence-corrected chi connectivity index (χ3v) is 4.70. The number of carbonyl (C=O) groups excluding carboxylic acids is 1. The lowest BCUT2D eigenvalue weighted by Crippen LogP contribution is -2.29. The van der Waals surface area contributed by atoms with Crippen molar-refractivity contribution in [2.45, 2.75) is 38.1 Å². The first-order valence-electron chi connectivity index (χ1n) is 7.70. The topological polar surface area (TPSA) is 84.2 Å². The van der Waals surface area contributed by atoms with Crippen LogP contribution < -0.4 is 10.9 Å². The molecule has 6 nitrogen and oxygen atoms in total. The smallest absolute Gasteiger partial charge is 0.262 e. The normalized spacial score (nSPS) is 12.3. The van der Waals surface area contributed by atoms with Gasteiger partial charge in [0.1, 0.15) is 0 Å². The highest BCUT2D eigenvalue weighted by molar-refractivity contribution is 9.10. The van der Waals surface area contributed by atoms with Gasteiger partial charge in [-0.1, -0.05) is 34.6 Å². The quantitative estimate of drug-likeness (QED) is 0.536. The van der Waals surface area contributed by atoms with Crippen molar-refractivity contribution in [2.24, 2.45) is 0 Å². The molecular formula is C16H20BrN3O3S. The van der Waals surface area contributed by atoms with Crippen LogP contribution in [0, 0.1) is 0 Å². The summed E-state index contributed by atoms with van der Waals surface area (Å²) in [7, 11) is 0. The molecule has 1 atom stereocenters. The molecule has 1 amide bonds. The maximum absolute atomic E-state index is 12.7. The number of aliphatic hydroxyl groups is 1. The lowest BCUT2D eigenvalue weighted by atomic mass is 10.2. The van der Waals surface area contributed by atoms with Gasteiger partial charge in [-0.15, -0.1) is 0 Å². The number of halogens is 1. The average Bonchev–Trinajstić information content (AvgIpc) is 2.54. The predicted octanol–water partition coefficient (Wildman–Crippen LogP) is 2.16. The van der Waals surface area contributed by atoms with Gasteiger partial charge in [-0.2, -0.15) is 0 Å². The van der Waals surface area contributed by atoms with Crippen molar-refractivity contribution in [2.75, 3.05) is 12.3 Å². The van der Waals surface area contributed by atoms with Crippen LogP contribution in [0.4, 0.5) is 0 Å². The van der Waals surface area contributed by atoms with E-state index in [0.29, 0.717) is 22.6 Å². The minimum absolute atomic E-state index is 0.101. The van der Waals surface area contributed by atoms with E-state index in [2.05, 4.69) is 26.2 Å². The van der Waals surface area contributed by atoms with E-state index in [4.69, 9.17) is 0 Å². The number of fused-ring (bicyclic) bond motifs is 1. The van der Waals surface area contributed by atoms with Crippen molar-refractivity contribution in [1.82, 2.24) is 14.9 Å². The number of benzene rings is 1. The largest absolute Gasteiger partial charge is 0.392 e. The van der Waals surface area contributed by atoms with Crippen molar-refractivity contribution in [1.29, 1.82) is 0 Å². The first-order valence-corrected chi connectivity index (χ1v) is 9.48. The second-order valence-corrected chi connectivity index (χ2v) is 7.32. The molecule has 2 N–H and O–H groups in total. The highest BCUT2D eigenvalue weighted by Gasteiger charge is 2.15. The van der Waals surface area contributed by atoms with E-state index in [9.17, 15) is 14.7 Å². The van der Waals surface area contributed by atoms with Gasteiger partial charge in [0, 0.05) is 11.0 Å². The summed E-state index contributed by atoms with van der Waals surface area (Å²) in [5, 5.41) is 13.4. The number of nitrogens with one attached hydrogen (secondary N) is 1. The summed E-state index contributed by atoms with van der Waals surface area (Å²) in [6.07, 6.45) is 0.175. The molecule has 1 heterocycles. The summed E-state index contributed by atoms with van der Waals surface area (Å²) < 4.78 is 2.22. The number of nitrogens with zero attached hydrogens (tertiary/aromatic N) is 2. The molecule has 0 unspecified atom stereocenters. The molecule has 2 aromatic rings. The summed E-state index contributed by atoms with van der Waals surface area (Å²) >= 11 is 4.55. The van der Waals surface area contributed by atoms with Crippen molar-refractivity contribution in [3.8, 4) is 0 Å². The molecule has 0 fully saturated rings. The van der Waals surface area contributed by atoms with Gasteiger partial charge in [0.2, 0.25) is 5.91 Å². The molecule has 0 aliphatic rings. The molecule has 8 heteroatoms. The Morgan fingerprint density at radius 1 is 1.50 bits per heavy atom. The van der Waals surface area contributed by atoms with Crippen molar-refractivity contribution >= 4 is 44.5 Å². The first-order chi connectivity index (χ1) is 11.4. The van der Waals surface area contributed by atoms with Crippen LogP contribution in [0.1, 0.15) is 20.3 Å². The fourth-order valence-electron chi connectivity index (χ4n) is 2.15. The van der Waals surface area contributed by atoms with Crippen LogP contribution in [0.25, 0.3) is 10.9 Å². The molecule has 0 spiro atoms. The van der Waals surface area contributed by atoms with Gasteiger partial charge < -0.3 is 10.4 Å². The van der Waals surface area contributed by atoms with Crippen LogP contribution in [0.15, 0.2) is 32.6 Å². The highest BCUT2D eigenvalue weighted by Crippen LogP contribution is 2.20. The van der Waals surface area contributed by atoms with Gasteiger partial charge >= 0.3 is 0 Å². The molecule has 0 aliphatic carbocycles. The van der Waals surface area contributed by atoms with E-state index in [1.807, 2.05) is 13.0 Å². The zero-order valence-corrected chi connectivity index (χ0v) is 16.0. The number of aromatic nitrogens is 2. The number of hydrogen-bond acceptors (Lipinski definition) is 5. The Morgan fingerprint density at radius 2 is 2.25 bits per heavy atom. The molecule has 0 saturated carbocycles. The Labute approximate surface area is 152 Å². The van der Waals surface area contributed by atoms with Gasteiger partial charge in [0.05, 0.1) is 29.3 Å². The number of thioether (sulfide) groups is 1. The van der Waals surface area contributed by atoms with Gasteiger partial charge in [-0.25, -0.2) is 4.98 Å². The lowest BCUT2D eigenvalue weighted by molar-refractivity contribution is -0.118. The van der Waals surface area contributed by atoms with Crippen LogP contribution in [0.5, 0.6) is 0 Å². The Morgan fingerprint density at radius 3 is 2.92 bits per heavy atom. The van der Waals surface area contributed by atoms with E-state index in [0.717, 1.165) is 10.9 Å². The second kappa shape index (κ2) is 8.64. The lowest BCUT2D eigenvalue weighted by Gasteiger charge is -2.14. The molecule has 130 valence electrons. The number of hydrogen-bond donors (Lipinski definition) is 2.